The van der Waals surface area contributed by atoms with Gasteiger partial charge in [0.05, 0.1) is 29.4 Å². The van der Waals surface area contributed by atoms with Gasteiger partial charge in [-0.05, 0) is 38.5 Å². The number of carboxylic acids is 2. The fourth-order valence-electron chi connectivity index (χ4n) is 3.61. The summed E-state index contributed by atoms with van der Waals surface area (Å²) >= 11 is 0. The van der Waals surface area contributed by atoms with Crippen molar-refractivity contribution in [3.8, 4) is 5.75 Å². The van der Waals surface area contributed by atoms with Crippen molar-refractivity contribution < 1.29 is 28.9 Å². The molecule has 0 unspecified atom stereocenters. The first-order chi connectivity index (χ1) is 14.6. The first kappa shape index (κ1) is 21.8. The zero-order valence-electron chi connectivity index (χ0n) is 16.8. The van der Waals surface area contributed by atoms with Gasteiger partial charge in [0, 0.05) is 11.4 Å². The molecule has 0 aliphatic carbocycles. The zero-order chi connectivity index (χ0) is 23.0. The van der Waals surface area contributed by atoms with Crippen molar-refractivity contribution >= 4 is 23.3 Å². The number of ether oxygens (including phenoxy) is 1. The maximum atomic E-state index is 14.5. The van der Waals surface area contributed by atoms with E-state index in [1.54, 1.807) is 6.92 Å². The molecule has 0 bridgehead atoms. The van der Waals surface area contributed by atoms with Crippen molar-refractivity contribution in [3.63, 3.8) is 0 Å². The van der Waals surface area contributed by atoms with Gasteiger partial charge < -0.3 is 25.6 Å². The van der Waals surface area contributed by atoms with Gasteiger partial charge in [0.1, 0.15) is 11.5 Å². The number of allylic oxidation sites excluding steroid dienone is 2. The summed E-state index contributed by atoms with van der Waals surface area (Å²) in [5.41, 5.74) is -1.89. The smallest absolute Gasteiger partial charge is 0.334 e. The number of benzene rings is 1. The van der Waals surface area contributed by atoms with Crippen LogP contribution in [0.1, 0.15) is 32.3 Å². The highest BCUT2D eigenvalue weighted by molar-refractivity contribution is 5.98. The molecule has 2 aromatic rings. The molecule has 0 spiro atoms. The molecular formula is C21H19FN2O7. The van der Waals surface area contributed by atoms with E-state index in [2.05, 4.69) is 10.6 Å². The number of anilines is 2. The summed E-state index contributed by atoms with van der Waals surface area (Å²) in [5, 5.41) is 24.7. The third kappa shape index (κ3) is 3.67. The molecule has 2 aromatic carbocycles. The summed E-state index contributed by atoms with van der Waals surface area (Å²) in [5.74, 6) is -4.87. The number of halogens is 1. The van der Waals surface area contributed by atoms with E-state index in [-0.39, 0.29) is 51.8 Å². The molecule has 0 aromatic heterocycles. The highest BCUT2D eigenvalue weighted by Gasteiger charge is 2.37. The Bertz CT molecular complexity index is 1200. The van der Waals surface area contributed by atoms with Crippen LogP contribution in [0.2, 0.25) is 0 Å². The number of hydrogen-bond acceptors (Lipinski definition) is 7. The van der Waals surface area contributed by atoms with Gasteiger partial charge in [0.2, 0.25) is 0 Å². The lowest BCUT2D eigenvalue weighted by molar-refractivity contribution is -0.133. The number of dihydropyridines is 1. The minimum absolute atomic E-state index is 0.120. The van der Waals surface area contributed by atoms with E-state index in [1.165, 1.54) is 26.0 Å². The molecule has 0 saturated heterocycles. The van der Waals surface area contributed by atoms with Crippen molar-refractivity contribution in [1.82, 2.24) is 5.32 Å². The SMILES string of the molecule is CCOc1c(Nc2cc(C3C(C(=O)O)=C(C)NC(C)=C3C(=O)O)ccc2F)c(=O)c1=O. The summed E-state index contributed by atoms with van der Waals surface area (Å²) < 4.78 is 19.6. The maximum Gasteiger partial charge on any atom is 0.334 e. The standard InChI is InChI=1S/C21H19FN2O7/c1-4-31-19-16(17(25)18(19)26)24-12-7-10(5-6-11(12)22)15-13(20(27)28)8(2)23-9(3)14(15)21(29)30/h5-7,15,23-24H,4H2,1-3H3,(H,27,28)(H,29,30). The largest absolute Gasteiger partial charge is 0.488 e. The fourth-order valence-corrected chi connectivity index (χ4v) is 3.61. The molecule has 31 heavy (non-hydrogen) atoms. The minimum atomic E-state index is -1.33. The van der Waals surface area contributed by atoms with Crippen LogP contribution in [-0.4, -0.2) is 28.8 Å². The predicted octanol–water partition coefficient (Wildman–Crippen LogP) is 1.97. The third-order valence-electron chi connectivity index (χ3n) is 4.96. The van der Waals surface area contributed by atoms with E-state index in [0.717, 1.165) is 6.07 Å². The predicted molar refractivity (Wildman–Crippen MR) is 109 cm³/mol. The summed E-state index contributed by atoms with van der Waals surface area (Å²) in [6, 6.07) is 3.51. The Labute approximate surface area is 175 Å². The summed E-state index contributed by atoms with van der Waals surface area (Å²) in [6.45, 7) is 4.73. The van der Waals surface area contributed by atoms with Gasteiger partial charge >= 0.3 is 11.9 Å². The second-order valence-corrected chi connectivity index (χ2v) is 6.91. The average molecular weight is 430 g/mol. The monoisotopic (exact) mass is 430 g/mol. The normalized spacial score (nSPS) is 14.6. The van der Waals surface area contributed by atoms with Crippen LogP contribution in [0.3, 0.4) is 0 Å². The lowest BCUT2D eigenvalue weighted by Gasteiger charge is -2.29. The first-order valence-corrected chi connectivity index (χ1v) is 9.26. The fraction of sp³-hybridized carbons (Fsp3) is 0.238. The van der Waals surface area contributed by atoms with Crippen LogP contribution in [0.5, 0.6) is 5.75 Å². The molecule has 1 heterocycles. The number of rotatable bonds is 7. The molecule has 10 heteroatoms. The van der Waals surface area contributed by atoms with E-state index >= 15 is 0 Å². The summed E-state index contributed by atoms with van der Waals surface area (Å²) in [4.78, 5) is 47.3. The number of carbonyl (C=O) groups is 2. The quantitative estimate of drug-likeness (QED) is 0.485. The van der Waals surface area contributed by atoms with Gasteiger partial charge in [0.25, 0.3) is 10.9 Å². The van der Waals surface area contributed by atoms with Crippen molar-refractivity contribution in [2.75, 3.05) is 11.9 Å². The first-order valence-electron chi connectivity index (χ1n) is 9.26. The van der Waals surface area contributed by atoms with Gasteiger partial charge in [-0.1, -0.05) is 6.07 Å². The van der Waals surface area contributed by atoms with Crippen LogP contribution in [0, 0.1) is 5.82 Å². The third-order valence-corrected chi connectivity index (χ3v) is 4.96. The maximum absolute atomic E-state index is 14.5. The molecule has 4 N–H and O–H groups in total. The summed E-state index contributed by atoms with van der Waals surface area (Å²) in [6.07, 6.45) is 0. The molecule has 9 nitrogen and oxygen atoms in total. The molecule has 0 fully saturated rings. The van der Waals surface area contributed by atoms with Gasteiger partial charge in [-0.15, -0.1) is 0 Å². The van der Waals surface area contributed by atoms with Crippen molar-refractivity contribution in [2.24, 2.45) is 0 Å². The Kier molecular flexibility index (Phi) is 5.65. The van der Waals surface area contributed by atoms with Gasteiger partial charge in [-0.25, -0.2) is 14.0 Å². The van der Waals surface area contributed by atoms with E-state index in [4.69, 9.17) is 4.74 Å². The molecular weight excluding hydrogens is 411 g/mol. The topological polar surface area (TPSA) is 142 Å². The van der Waals surface area contributed by atoms with E-state index in [9.17, 15) is 33.8 Å². The Morgan fingerprint density at radius 2 is 1.68 bits per heavy atom. The zero-order valence-corrected chi connectivity index (χ0v) is 16.8. The van der Waals surface area contributed by atoms with Crippen molar-refractivity contribution in [2.45, 2.75) is 26.7 Å². The number of aliphatic carboxylic acids is 2. The van der Waals surface area contributed by atoms with Crippen LogP contribution in [-0.2, 0) is 9.59 Å². The number of carboxylic acid groups (broad SMARTS) is 2. The van der Waals surface area contributed by atoms with E-state index in [0.29, 0.717) is 0 Å². The minimum Gasteiger partial charge on any atom is -0.488 e. The lowest BCUT2D eigenvalue weighted by Crippen LogP contribution is -2.35. The molecule has 0 atom stereocenters. The molecule has 162 valence electrons. The second kappa shape index (κ2) is 8.05. The Morgan fingerprint density at radius 3 is 2.19 bits per heavy atom. The Morgan fingerprint density at radius 1 is 1.10 bits per heavy atom. The highest BCUT2D eigenvalue weighted by Crippen LogP contribution is 2.39. The van der Waals surface area contributed by atoms with Gasteiger partial charge in [0.15, 0.2) is 5.75 Å². The van der Waals surface area contributed by atoms with Crippen LogP contribution in [0.15, 0.2) is 50.3 Å². The molecule has 3 rings (SSSR count). The average Bonchev–Trinajstić information content (AvgIpc) is 2.70. The molecule has 0 saturated carbocycles. The molecule has 0 amide bonds. The number of hydrogen-bond donors (Lipinski definition) is 4. The lowest BCUT2D eigenvalue weighted by atomic mass is 9.80. The van der Waals surface area contributed by atoms with Crippen LogP contribution >= 0.6 is 0 Å². The molecule has 0 radical (unpaired) electrons. The van der Waals surface area contributed by atoms with Crippen LogP contribution < -0.4 is 26.2 Å². The van der Waals surface area contributed by atoms with E-state index in [1.807, 2.05) is 0 Å². The van der Waals surface area contributed by atoms with Crippen LogP contribution in [0.25, 0.3) is 0 Å². The van der Waals surface area contributed by atoms with E-state index < -0.39 is 34.5 Å². The van der Waals surface area contributed by atoms with Gasteiger partial charge in [-0.3, -0.25) is 9.59 Å². The highest BCUT2D eigenvalue weighted by atomic mass is 19.1. The van der Waals surface area contributed by atoms with Crippen molar-refractivity contribution in [3.05, 3.63) is 72.6 Å². The summed E-state index contributed by atoms with van der Waals surface area (Å²) in [7, 11) is 0. The van der Waals surface area contributed by atoms with Crippen molar-refractivity contribution in [1.29, 1.82) is 0 Å². The van der Waals surface area contributed by atoms with Crippen LogP contribution in [0.4, 0.5) is 15.8 Å². The van der Waals surface area contributed by atoms with Gasteiger partial charge in [-0.2, -0.15) is 0 Å². The Hall–Kier alpha value is -3.95. The molecule has 1 aliphatic rings. The second-order valence-electron chi connectivity index (χ2n) is 6.91. The Balaban J connectivity index is 2.13. The molecule has 1 aliphatic heterocycles. The number of nitrogens with one attached hydrogen (secondary N) is 2.